The average Bonchev–Trinajstić information content (AvgIpc) is 2.72. The van der Waals surface area contributed by atoms with Gasteiger partial charge in [-0.2, -0.15) is 0 Å². The monoisotopic (exact) mass is 266 g/mol. The van der Waals surface area contributed by atoms with Gasteiger partial charge >= 0.3 is 5.97 Å². The number of carboxylic acids is 1. The van der Waals surface area contributed by atoms with Gasteiger partial charge in [-0.3, -0.25) is 4.40 Å². The molecular formula is C13H18N2O2S. The van der Waals surface area contributed by atoms with Gasteiger partial charge in [-0.15, -0.1) is 11.3 Å². The number of thiazole rings is 1. The summed E-state index contributed by atoms with van der Waals surface area (Å²) in [6.07, 6.45) is 1.48. The zero-order valence-corrected chi connectivity index (χ0v) is 12.0. The van der Waals surface area contributed by atoms with Crippen molar-refractivity contribution in [3.63, 3.8) is 0 Å². The summed E-state index contributed by atoms with van der Waals surface area (Å²) in [6, 6.07) is 0. The number of carbonyl (C=O) groups is 1. The van der Waals surface area contributed by atoms with Gasteiger partial charge in [0.05, 0.1) is 5.69 Å². The van der Waals surface area contributed by atoms with Crippen LogP contribution < -0.4 is 0 Å². The molecule has 0 amide bonds. The van der Waals surface area contributed by atoms with E-state index in [0.29, 0.717) is 17.8 Å². The van der Waals surface area contributed by atoms with E-state index in [9.17, 15) is 9.90 Å². The van der Waals surface area contributed by atoms with Crippen LogP contribution in [0.2, 0.25) is 0 Å². The highest BCUT2D eigenvalue weighted by Gasteiger charge is 2.24. The molecule has 2 aromatic heterocycles. The quantitative estimate of drug-likeness (QED) is 0.927. The highest BCUT2D eigenvalue weighted by molar-refractivity contribution is 7.15. The molecule has 4 nitrogen and oxygen atoms in total. The second kappa shape index (κ2) is 4.39. The number of aromatic nitrogens is 2. The van der Waals surface area contributed by atoms with Crippen molar-refractivity contribution in [3.8, 4) is 0 Å². The van der Waals surface area contributed by atoms with Crippen LogP contribution in [-0.2, 0) is 12.8 Å². The van der Waals surface area contributed by atoms with Gasteiger partial charge in [-0.1, -0.05) is 27.7 Å². The molecule has 18 heavy (non-hydrogen) atoms. The number of nitrogens with zero attached hydrogens (tertiary/aromatic N) is 2. The van der Waals surface area contributed by atoms with Gasteiger partial charge in [0.15, 0.2) is 10.7 Å². The Bertz CT molecular complexity index is 590. The van der Waals surface area contributed by atoms with E-state index < -0.39 is 5.97 Å². The molecule has 2 heterocycles. The number of hydrogen-bond acceptors (Lipinski definition) is 3. The summed E-state index contributed by atoms with van der Waals surface area (Å²) >= 11 is 1.51. The highest BCUT2D eigenvalue weighted by Crippen LogP contribution is 2.27. The summed E-state index contributed by atoms with van der Waals surface area (Å²) in [5.74, 6) is -0.894. The van der Waals surface area contributed by atoms with Crippen molar-refractivity contribution < 1.29 is 9.90 Å². The van der Waals surface area contributed by atoms with Crippen molar-refractivity contribution in [2.45, 2.75) is 40.5 Å². The number of fused-ring (bicyclic) bond motifs is 1. The lowest BCUT2D eigenvalue weighted by atomic mass is 9.90. The van der Waals surface area contributed by atoms with E-state index in [1.165, 1.54) is 11.3 Å². The van der Waals surface area contributed by atoms with E-state index in [4.69, 9.17) is 0 Å². The van der Waals surface area contributed by atoms with Crippen LogP contribution in [0.25, 0.3) is 4.96 Å². The fraction of sp³-hybridized carbons (Fsp3) is 0.538. The Kier molecular flexibility index (Phi) is 3.19. The Labute approximate surface area is 110 Å². The molecule has 0 saturated carbocycles. The number of rotatable bonds is 3. The molecule has 0 unspecified atom stereocenters. The number of aryl methyl sites for hydroxylation is 1. The predicted molar refractivity (Wildman–Crippen MR) is 72.6 cm³/mol. The lowest BCUT2D eigenvalue weighted by Gasteiger charge is -2.16. The lowest BCUT2D eigenvalue weighted by molar-refractivity contribution is 0.0687. The second-order valence-electron chi connectivity index (χ2n) is 5.65. The third kappa shape index (κ3) is 2.27. The molecule has 0 aliphatic heterocycles. The SMILES string of the molecule is CCc1csc2nc(CC(C)(C)C)c(C(=O)O)n12. The Morgan fingerprint density at radius 1 is 1.50 bits per heavy atom. The van der Waals surface area contributed by atoms with E-state index in [0.717, 1.165) is 17.1 Å². The molecule has 0 radical (unpaired) electrons. The zero-order chi connectivity index (χ0) is 13.5. The van der Waals surface area contributed by atoms with Crippen LogP contribution in [0.3, 0.4) is 0 Å². The van der Waals surface area contributed by atoms with Crippen molar-refractivity contribution in [2.75, 3.05) is 0 Å². The Hall–Kier alpha value is -1.36. The maximum Gasteiger partial charge on any atom is 0.354 e. The largest absolute Gasteiger partial charge is 0.477 e. The first-order chi connectivity index (χ1) is 8.33. The van der Waals surface area contributed by atoms with E-state index in [1.807, 2.05) is 12.3 Å². The van der Waals surface area contributed by atoms with Gasteiger partial charge in [0.2, 0.25) is 0 Å². The minimum atomic E-state index is -0.894. The summed E-state index contributed by atoms with van der Waals surface area (Å²) in [7, 11) is 0. The van der Waals surface area contributed by atoms with Gasteiger partial charge in [0.1, 0.15) is 0 Å². The third-order valence-electron chi connectivity index (χ3n) is 2.77. The summed E-state index contributed by atoms with van der Waals surface area (Å²) in [4.78, 5) is 16.8. The van der Waals surface area contributed by atoms with E-state index >= 15 is 0 Å². The van der Waals surface area contributed by atoms with Crippen LogP contribution in [0.4, 0.5) is 0 Å². The molecule has 0 spiro atoms. The first kappa shape index (κ1) is 13.1. The van der Waals surface area contributed by atoms with E-state index in [2.05, 4.69) is 25.8 Å². The minimum Gasteiger partial charge on any atom is -0.477 e. The van der Waals surface area contributed by atoms with E-state index in [-0.39, 0.29) is 5.41 Å². The van der Waals surface area contributed by atoms with Crippen molar-refractivity contribution in [3.05, 3.63) is 22.5 Å². The molecule has 0 bridgehead atoms. The normalized spacial score (nSPS) is 12.2. The summed E-state index contributed by atoms with van der Waals surface area (Å²) in [5, 5.41) is 11.4. The van der Waals surface area contributed by atoms with Gasteiger partial charge < -0.3 is 5.11 Å². The molecule has 2 rings (SSSR count). The molecule has 5 heteroatoms. The second-order valence-corrected chi connectivity index (χ2v) is 6.48. The summed E-state index contributed by atoms with van der Waals surface area (Å²) in [6.45, 7) is 8.29. The van der Waals surface area contributed by atoms with Crippen molar-refractivity contribution in [1.29, 1.82) is 0 Å². The molecule has 0 atom stereocenters. The fourth-order valence-electron chi connectivity index (χ4n) is 2.05. The fourth-order valence-corrected chi connectivity index (χ4v) is 3.04. The van der Waals surface area contributed by atoms with Crippen molar-refractivity contribution in [1.82, 2.24) is 9.38 Å². The van der Waals surface area contributed by atoms with E-state index in [1.54, 1.807) is 4.40 Å². The topological polar surface area (TPSA) is 54.6 Å². The molecule has 0 aliphatic rings. The molecule has 2 aromatic rings. The average molecular weight is 266 g/mol. The molecule has 0 fully saturated rings. The standard InChI is InChI=1S/C13H18N2O2S/c1-5-8-7-18-12-14-9(6-13(2,3)4)10(11(16)17)15(8)12/h7H,5-6H2,1-4H3,(H,16,17). The lowest BCUT2D eigenvalue weighted by Crippen LogP contribution is -2.14. The minimum absolute atomic E-state index is 0.0284. The summed E-state index contributed by atoms with van der Waals surface area (Å²) in [5.41, 5.74) is 2.07. The maximum atomic E-state index is 11.5. The number of imidazole rings is 1. The van der Waals surface area contributed by atoms with Crippen LogP contribution in [0.15, 0.2) is 5.38 Å². The first-order valence-corrected chi connectivity index (χ1v) is 6.92. The molecule has 0 saturated heterocycles. The van der Waals surface area contributed by atoms with Crippen LogP contribution in [0, 0.1) is 5.41 Å². The Morgan fingerprint density at radius 2 is 2.17 bits per heavy atom. The predicted octanol–water partition coefficient (Wildman–Crippen LogP) is 3.25. The Balaban J connectivity index is 2.63. The van der Waals surface area contributed by atoms with Gasteiger partial charge in [-0.05, 0) is 18.3 Å². The third-order valence-corrected chi connectivity index (χ3v) is 3.64. The molecule has 0 aromatic carbocycles. The molecular weight excluding hydrogens is 248 g/mol. The number of aromatic carboxylic acids is 1. The van der Waals surface area contributed by atoms with Crippen LogP contribution in [0.1, 0.15) is 49.6 Å². The van der Waals surface area contributed by atoms with Crippen LogP contribution in [-0.4, -0.2) is 20.5 Å². The highest BCUT2D eigenvalue weighted by atomic mass is 32.1. The van der Waals surface area contributed by atoms with Crippen molar-refractivity contribution >= 4 is 22.3 Å². The van der Waals surface area contributed by atoms with Gasteiger partial charge in [-0.25, -0.2) is 9.78 Å². The number of hydrogen-bond donors (Lipinski definition) is 1. The smallest absolute Gasteiger partial charge is 0.354 e. The Morgan fingerprint density at radius 3 is 2.67 bits per heavy atom. The van der Waals surface area contributed by atoms with Crippen LogP contribution in [0.5, 0.6) is 0 Å². The van der Waals surface area contributed by atoms with Gasteiger partial charge in [0.25, 0.3) is 0 Å². The molecule has 98 valence electrons. The molecule has 0 aliphatic carbocycles. The van der Waals surface area contributed by atoms with Crippen molar-refractivity contribution in [2.24, 2.45) is 5.41 Å². The maximum absolute atomic E-state index is 11.5. The summed E-state index contributed by atoms with van der Waals surface area (Å²) < 4.78 is 1.79. The zero-order valence-electron chi connectivity index (χ0n) is 11.1. The van der Waals surface area contributed by atoms with Gasteiger partial charge in [0, 0.05) is 11.1 Å². The number of carboxylic acid groups (broad SMARTS) is 1. The van der Waals surface area contributed by atoms with Crippen LogP contribution >= 0.6 is 11.3 Å². The first-order valence-electron chi connectivity index (χ1n) is 6.04. The molecule has 1 N–H and O–H groups in total.